The monoisotopic (exact) mass is 407 g/mol. The largest absolute Gasteiger partial charge is 0.384 e. The van der Waals surface area contributed by atoms with Crippen molar-refractivity contribution in [3.63, 3.8) is 0 Å². The molecule has 1 aliphatic carbocycles. The number of thiocarbonyl (C=S) groups is 1. The number of para-hydroxylation sites is 1. The van der Waals surface area contributed by atoms with Gasteiger partial charge in [-0.1, -0.05) is 30.4 Å². The van der Waals surface area contributed by atoms with E-state index < -0.39 is 0 Å². The van der Waals surface area contributed by atoms with Crippen molar-refractivity contribution in [2.75, 3.05) is 24.1 Å². The summed E-state index contributed by atoms with van der Waals surface area (Å²) in [6.45, 7) is 2.10. The standard InChI is InChI=1S/C22H25N5OS/c23-19-12-16(8-10-24-19)13-25-18-9-11-27(14-15-6-7-15)22(28)20(18)21(29)26-17-4-2-1-3-5-17/h1-5,8,10,12,15,25H,6-7,9,11,13-14H2,(H2,23,24)(H,26,29). The molecule has 0 radical (unpaired) electrons. The highest BCUT2D eigenvalue weighted by Crippen LogP contribution is 2.32. The average molecular weight is 408 g/mol. The number of nitrogens with two attached hydrogens (primary N) is 1. The third kappa shape index (κ3) is 4.92. The molecule has 2 aliphatic rings. The lowest BCUT2D eigenvalue weighted by Gasteiger charge is -2.31. The number of carbonyl (C=O) groups excluding carboxylic acids is 1. The molecule has 0 unspecified atom stereocenters. The van der Waals surface area contributed by atoms with Gasteiger partial charge in [0.1, 0.15) is 10.8 Å². The summed E-state index contributed by atoms with van der Waals surface area (Å²) < 4.78 is 0. The number of hydrogen-bond donors (Lipinski definition) is 3. The maximum Gasteiger partial charge on any atom is 0.258 e. The summed E-state index contributed by atoms with van der Waals surface area (Å²) in [5, 5.41) is 6.65. The van der Waals surface area contributed by atoms with Crippen LogP contribution in [0, 0.1) is 5.92 Å². The van der Waals surface area contributed by atoms with Gasteiger partial charge in [0.25, 0.3) is 5.91 Å². The molecule has 1 aromatic heterocycles. The summed E-state index contributed by atoms with van der Waals surface area (Å²) in [7, 11) is 0. The molecule has 1 fully saturated rings. The lowest BCUT2D eigenvalue weighted by Crippen LogP contribution is -2.43. The first-order chi connectivity index (χ1) is 14.1. The molecule has 0 spiro atoms. The van der Waals surface area contributed by atoms with Crippen LogP contribution in [-0.4, -0.2) is 33.9 Å². The van der Waals surface area contributed by atoms with Gasteiger partial charge < -0.3 is 21.3 Å². The Balaban J connectivity index is 1.56. The number of benzene rings is 1. The van der Waals surface area contributed by atoms with Crippen LogP contribution in [0.15, 0.2) is 59.9 Å². The number of anilines is 2. The minimum Gasteiger partial charge on any atom is -0.384 e. The maximum absolute atomic E-state index is 13.3. The van der Waals surface area contributed by atoms with E-state index in [9.17, 15) is 4.79 Å². The van der Waals surface area contributed by atoms with Gasteiger partial charge in [-0.3, -0.25) is 4.79 Å². The van der Waals surface area contributed by atoms with Crippen LogP contribution in [0.1, 0.15) is 24.8 Å². The molecule has 6 nitrogen and oxygen atoms in total. The third-order valence-corrected chi connectivity index (χ3v) is 5.53. The zero-order valence-corrected chi connectivity index (χ0v) is 17.0. The van der Waals surface area contributed by atoms with Crippen LogP contribution >= 0.6 is 12.2 Å². The fraction of sp³-hybridized carbons (Fsp3) is 0.318. The van der Waals surface area contributed by atoms with Crippen molar-refractivity contribution in [1.29, 1.82) is 0 Å². The number of aromatic nitrogens is 1. The molecule has 4 rings (SSSR count). The van der Waals surface area contributed by atoms with Gasteiger partial charge in [-0.2, -0.15) is 0 Å². The second kappa shape index (κ2) is 8.61. The predicted octanol–water partition coefficient (Wildman–Crippen LogP) is 3.09. The van der Waals surface area contributed by atoms with E-state index in [1.807, 2.05) is 47.4 Å². The molecule has 1 saturated carbocycles. The molecule has 0 atom stereocenters. The highest BCUT2D eigenvalue weighted by atomic mass is 32.1. The number of nitrogens with one attached hydrogen (secondary N) is 2. The molecular formula is C22H25N5OS. The molecule has 2 aromatic rings. The Morgan fingerprint density at radius 2 is 2.03 bits per heavy atom. The van der Waals surface area contributed by atoms with E-state index in [-0.39, 0.29) is 5.91 Å². The number of rotatable bonds is 7. The van der Waals surface area contributed by atoms with Gasteiger partial charge in [0.15, 0.2) is 0 Å². The topological polar surface area (TPSA) is 83.3 Å². The van der Waals surface area contributed by atoms with Crippen LogP contribution in [0.4, 0.5) is 11.5 Å². The Bertz CT molecular complexity index is 939. The predicted molar refractivity (Wildman–Crippen MR) is 119 cm³/mol. The molecule has 2 heterocycles. The van der Waals surface area contributed by atoms with E-state index in [0.29, 0.717) is 35.4 Å². The van der Waals surface area contributed by atoms with E-state index in [1.165, 1.54) is 12.8 Å². The molecule has 29 heavy (non-hydrogen) atoms. The van der Waals surface area contributed by atoms with Crippen molar-refractivity contribution in [2.45, 2.75) is 25.8 Å². The number of nitrogens with zero attached hydrogens (tertiary/aromatic N) is 2. The fourth-order valence-electron chi connectivity index (χ4n) is 3.49. The molecule has 150 valence electrons. The van der Waals surface area contributed by atoms with Crippen molar-refractivity contribution < 1.29 is 4.79 Å². The van der Waals surface area contributed by atoms with E-state index in [0.717, 1.165) is 29.9 Å². The van der Waals surface area contributed by atoms with Crippen LogP contribution < -0.4 is 16.4 Å². The van der Waals surface area contributed by atoms with Gasteiger partial charge in [-0.05, 0) is 48.6 Å². The maximum atomic E-state index is 13.3. The summed E-state index contributed by atoms with van der Waals surface area (Å²) >= 11 is 5.66. The molecule has 1 aromatic carbocycles. The average Bonchev–Trinajstić information content (AvgIpc) is 3.53. The van der Waals surface area contributed by atoms with Gasteiger partial charge >= 0.3 is 0 Å². The molecule has 0 bridgehead atoms. The normalized spacial score (nSPS) is 16.7. The first-order valence-corrected chi connectivity index (χ1v) is 10.3. The highest BCUT2D eigenvalue weighted by molar-refractivity contribution is 7.81. The summed E-state index contributed by atoms with van der Waals surface area (Å²) in [5.74, 6) is 1.13. The number of carbonyl (C=O) groups is 1. The number of nitrogen functional groups attached to an aromatic ring is 1. The van der Waals surface area contributed by atoms with Crippen LogP contribution in [-0.2, 0) is 11.3 Å². The number of pyridine rings is 1. The van der Waals surface area contributed by atoms with E-state index in [2.05, 4.69) is 15.6 Å². The van der Waals surface area contributed by atoms with Gasteiger partial charge in [0.2, 0.25) is 0 Å². The van der Waals surface area contributed by atoms with Crippen molar-refractivity contribution >= 4 is 34.6 Å². The molecule has 4 N–H and O–H groups in total. The van der Waals surface area contributed by atoms with Gasteiger partial charge in [0.05, 0.1) is 5.57 Å². The Labute approximate surface area is 176 Å². The first-order valence-electron chi connectivity index (χ1n) is 9.93. The van der Waals surface area contributed by atoms with E-state index in [4.69, 9.17) is 18.0 Å². The number of hydrogen-bond acceptors (Lipinski definition) is 5. The van der Waals surface area contributed by atoms with E-state index in [1.54, 1.807) is 6.20 Å². The Morgan fingerprint density at radius 3 is 2.76 bits per heavy atom. The lowest BCUT2D eigenvalue weighted by molar-refractivity contribution is -0.127. The Morgan fingerprint density at radius 1 is 1.24 bits per heavy atom. The van der Waals surface area contributed by atoms with Gasteiger partial charge in [0, 0.05) is 43.6 Å². The number of amides is 1. The first kappa shape index (κ1) is 19.4. The Hall–Kier alpha value is -2.93. The second-order valence-electron chi connectivity index (χ2n) is 7.56. The zero-order valence-electron chi connectivity index (χ0n) is 16.2. The van der Waals surface area contributed by atoms with Crippen molar-refractivity contribution in [1.82, 2.24) is 15.2 Å². The molecular weight excluding hydrogens is 382 g/mol. The summed E-state index contributed by atoms with van der Waals surface area (Å²) in [6.07, 6.45) is 4.87. The molecule has 1 aliphatic heterocycles. The Kier molecular flexibility index (Phi) is 5.76. The highest BCUT2D eigenvalue weighted by Gasteiger charge is 2.33. The van der Waals surface area contributed by atoms with Gasteiger partial charge in [-0.25, -0.2) is 4.98 Å². The minimum absolute atomic E-state index is 0.00771. The molecule has 1 amide bonds. The molecule has 7 heteroatoms. The van der Waals surface area contributed by atoms with Crippen molar-refractivity contribution in [2.24, 2.45) is 5.92 Å². The summed E-state index contributed by atoms with van der Waals surface area (Å²) in [4.78, 5) is 19.7. The zero-order chi connectivity index (χ0) is 20.2. The quantitative estimate of drug-likeness (QED) is 0.612. The van der Waals surface area contributed by atoms with Crippen LogP contribution in [0.25, 0.3) is 0 Å². The van der Waals surface area contributed by atoms with Crippen LogP contribution in [0.5, 0.6) is 0 Å². The second-order valence-corrected chi connectivity index (χ2v) is 7.97. The van der Waals surface area contributed by atoms with Crippen LogP contribution in [0.2, 0.25) is 0 Å². The lowest BCUT2D eigenvalue weighted by atomic mass is 10.0. The SMILES string of the molecule is Nc1cc(CNC2=C(C(=S)Nc3ccccc3)C(=O)N(CC3CC3)CC2)ccn1. The van der Waals surface area contributed by atoms with Crippen LogP contribution in [0.3, 0.4) is 0 Å². The van der Waals surface area contributed by atoms with Gasteiger partial charge in [-0.15, -0.1) is 0 Å². The summed E-state index contributed by atoms with van der Waals surface area (Å²) in [5.41, 5.74) is 9.11. The fourth-order valence-corrected chi connectivity index (χ4v) is 3.81. The minimum atomic E-state index is 0.00771. The van der Waals surface area contributed by atoms with E-state index >= 15 is 0 Å². The summed E-state index contributed by atoms with van der Waals surface area (Å²) in [6, 6.07) is 13.4. The smallest absolute Gasteiger partial charge is 0.258 e. The van der Waals surface area contributed by atoms with Crippen molar-refractivity contribution in [3.8, 4) is 0 Å². The van der Waals surface area contributed by atoms with Crippen molar-refractivity contribution in [3.05, 3.63) is 65.5 Å². The third-order valence-electron chi connectivity index (χ3n) is 5.22. The molecule has 0 saturated heterocycles.